The van der Waals surface area contributed by atoms with Crippen molar-refractivity contribution in [2.45, 2.75) is 12.3 Å². The highest BCUT2D eigenvalue weighted by Crippen LogP contribution is 2.46. The molecule has 4 nitrogen and oxygen atoms in total. The number of benzene rings is 7. The Hall–Kier alpha value is -6.17. The Labute approximate surface area is 291 Å². The second-order valence-corrected chi connectivity index (χ2v) is 14.2. The zero-order chi connectivity index (χ0) is 32.8. The molecule has 0 saturated carbocycles. The first-order valence-corrected chi connectivity index (χ1v) is 17.8. The number of fused-ring (bicyclic) bond motifs is 11. The van der Waals surface area contributed by atoms with Gasteiger partial charge in [0.2, 0.25) is 0 Å². The molecule has 1 aliphatic heterocycles. The van der Waals surface area contributed by atoms with Gasteiger partial charge in [-0.05, 0) is 81.2 Å². The Kier molecular flexibility index (Phi) is 5.92. The molecular weight excluding hydrogens is 631 g/mol. The molecule has 2 aliphatic rings. The minimum Gasteiger partial charge on any atom is -0.461 e. The van der Waals surface area contributed by atoms with Crippen molar-refractivity contribution in [3.05, 3.63) is 157 Å². The largest absolute Gasteiger partial charge is 0.461 e. The molecule has 2 aromatic heterocycles. The predicted molar refractivity (Wildman–Crippen MR) is 207 cm³/mol. The van der Waals surface area contributed by atoms with Gasteiger partial charge >= 0.3 is 0 Å². The van der Waals surface area contributed by atoms with Gasteiger partial charge in [-0.3, -0.25) is 0 Å². The second kappa shape index (κ2) is 10.7. The summed E-state index contributed by atoms with van der Waals surface area (Å²) in [6.45, 7) is 0. The number of thiophene rings is 1. The van der Waals surface area contributed by atoms with Crippen LogP contribution in [0.5, 0.6) is 5.75 Å². The average Bonchev–Trinajstić information content (AvgIpc) is 3.75. The van der Waals surface area contributed by atoms with Gasteiger partial charge in [0.1, 0.15) is 11.5 Å². The van der Waals surface area contributed by atoms with Gasteiger partial charge in [0.25, 0.3) is 0 Å². The maximum atomic E-state index is 6.22. The molecule has 0 bridgehead atoms. The summed E-state index contributed by atoms with van der Waals surface area (Å²) in [4.78, 5) is 15.6. The molecule has 3 heterocycles. The van der Waals surface area contributed by atoms with Crippen LogP contribution in [-0.2, 0) is 0 Å². The molecule has 1 aliphatic carbocycles. The van der Waals surface area contributed by atoms with E-state index in [0.29, 0.717) is 17.5 Å². The van der Waals surface area contributed by atoms with Crippen LogP contribution in [0.1, 0.15) is 17.9 Å². The summed E-state index contributed by atoms with van der Waals surface area (Å²) in [6.07, 6.45) is 7.27. The highest BCUT2D eigenvalue weighted by Gasteiger charge is 2.30. The first-order chi connectivity index (χ1) is 24.7. The molecule has 9 aromatic rings. The molecule has 5 heteroatoms. The lowest BCUT2D eigenvalue weighted by Gasteiger charge is -2.13. The molecule has 0 N–H and O–H groups in total. The van der Waals surface area contributed by atoms with E-state index in [1.54, 1.807) is 11.3 Å². The summed E-state index contributed by atoms with van der Waals surface area (Å²) in [5.41, 5.74) is 4.10. The molecular formula is C45H27N3OS. The molecule has 1 unspecified atom stereocenters. The van der Waals surface area contributed by atoms with Crippen molar-refractivity contribution >= 4 is 63.8 Å². The number of aromatic nitrogens is 3. The Balaban J connectivity index is 1.12. The van der Waals surface area contributed by atoms with Crippen LogP contribution in [-0.4, -0.2) is 15.0 Å². The Morgan fingerprint density at radius 2 is 1.26 bits per heavy atom. The molecule has 0 amide bonds. The second-order valence-electron chi connectivity index (χ2n) is 13.1. The van der Waals surface area contributed by atoms with Gasteiger partial charge in [-0.25, -0.2) is 15.0 Å². The van der Waals surface area contributed by atoms with Crippen LogP contribution in [0.15, 0.2) is 151 Å². The number of nitrogens with zero attached hydrogens (tertiary/aromatic N) is 3. The monoisotopic (exact) mass is 657 g/mol. The number of hydrogen-bond acceptors (Lipinski definition) is 5. The van der Waals surface area contributed by atoms with Gasteiger partial charge in [0.15, 0.2) is 17.5 Å². The van der Waals surface area contributed by atoms with Gasteiger partial charge in [-0.15, -0.1) is 11.3 Å². The summed E-state index contributed by atoms with van der Waals surface area (Å²) in [6, 6.07) is 45.5. The molecule has 1 atom stereocenters. The topological polar surface area (TPSA) is 47.9 Å². The molecule has 7 aromatic carbocycles. The third-order valence-corrected chi connectivity index (χ3v) is 11.4. The molecule has 0 radical (unpaired) electrons. The third kappa shape index (κ3) is 4.20. The Bertz CT molecular complexity index is 2960. The molecule has 0 saturated heterocycles. The number of ether oxygens (including phenoxy) is 1. The van der Waals surface area contributed by atoms with E-state index in [-0.39, 0.29) is 5.92 Å². The Morgan fingerprint density at radius 3 is 2.16 bits per heavy atom. The van der Waals surface area contributed by atoms with Crippen LogP contribution >= 0.6 is 11.3 Å². The van der Waals surface area contributed by atoms with Gasteiger partial charge < -0.3 is 4.74 Å². The molecule has 0 spiro atoms. The lowest BCUT2D eigenvalue weighted by molar-refractivity contribution is 0.425. The van der Waals surface area contributed by atoms with Crippen molar-refractivity contribution < 1.29 is 4.74 Å². The SMILES string of the molecule is C1=CCC2C(=C1)Oc1ccc(-c3nc(-c4ccc5c(ccc6c7ccccc7ccc56)c4)nc(-c4cccc5sc6ccccc6c45)n3)cc12. The van der Waals surface area contributed by atoms with Crippen molar-refractivity contribution in [3.63, 3.8) is 0 Å². The van der Waals surface area contributed by atoms with Crippen molar-refractivity contribution in [3.8, 4) is 39.9 Å². The van der Waals surface area contributed by atoms with E-state index in [0.717, 1.165) is 40.0 Å². The summed E-state index contributed by atoms with van der Waals surface area (Å²) >= 11 is 1.80. The number of allylic oxidation sites excluding steroid dienone is 4. The standard InChI is InChI=1S/C45H27N3OS/c1-2-9-30-26(8-1)16-21-33-31-20-18-28(24-27(31)17-22-32(30)33)43-46-44(29-19-23-39-37(25-29)34-10-3-5-13-38(34)49-39)48-45(47-43)36-12-7-15-41-42(36)35-11-4-6-14-40(35)50-41/h1-9,11-25,34H,10H2. The summed E-state index contributed by atoms with van der Waals surface area (Å²) in [5.74, 6) is 4.10. The maximum absolute atomic E-state index is 6.22. The highest BCUT2D eigenvalue weighted by atomic mass is 32.1. The van der Waals surface area contributed by atoms with Gasteiger partial charge in [0, 0.05) is 48.3 Å². The van der Waals surface area contributed by atoms with Gasteiger partial charge in [0.05, 0.1) is 0 Å². The van der Waals surface area contributed by atoms with Crippen LogP contribution in [0.4, 0.5) is 0 Å². The van der Waals surface area contributed by atoms with Crippen molar-refractivity contribution in [2.75, 3.05) is 0 Å². The first-order valence-electron chi connectivity index (χ1n) is 17.0. The summed E-state index contributed by atoms with van der Waals surface area (Å²) in [7, 11) is 0. The van der Waals surface area contributed by atoms with E-state index in [2.05, 4.69) is 146 Å². The third-order valence-electron chi connectivity index (χ3n) is 10.3. The van der Waals surface area contributed by atoms with E-state index in [1.165, 1.54) is 52.7 Å². The van der Waals surface area contributed by atoms with Crippen LogP contribution in [0.3, 0.4) is 0 Å². The van der Waals surface area contributed by atoms with Crippen molar-refractivity contribution in [1.29, 1.82) is 0 Å². The fourth-order valence-electron chi connectivity index (χ4n) is 7.86. The van der Waals surface area contributed by atoms with E-state index < -0.39 is 0 Å². The lowest BCUT2D eigenvalue weighted by Crippen LogP contribution is -2.02. The molecule has 50 heavy (non-hydrogen) atoms. The quantitative estimate of drug-likeness (QED) is 0.177. The van der Waals surface area contributed by atoms with Crippen molar-refractivity contribution in [2.24, 2.45) is 0 Å². The van der Waals surface area contributed by atoms with Crippen molar-refractivity contribution in [1.82, 2.24) is 15.0 Å². The van der Waals surface area contributed by atoms with E-state index >= 15 is 0 Å². The van der Waals surface area contributed by atoms with Crippen LogP contribution in [0.2, 0.25) is 0 Å². The highest BCUT2D eigenvalue weighted by molar-refractivity contribution is 7.25. The smallest absolute Gasteiger partial charge is 0.164 e. The zero-order valence-corrected chi connectivity index (χ0v) is 27.6. The number of hydrogen-bond donors (Lipinski definition) is 0. The lowest BCUT2D eigenvalue weighted by atomic mass is 9.91. The van der Waals surface area contributed by atoms with Gasteiger partial charge in [-0.1, -0.05) is 103 Å². The maximum Gasteiger partial charge on any atom is 0.164 e. The predicted octanol–water partition coefficient (Wildman–Crippen LogP) is 12.0. The minimum absolute atomic E-state index is 0.217. The normalized spacial score (nSPS) is 15.1. The van der Waals surface area contributed by atoms with E-state index in [9.17, 15) is 0 Å². The van der Waals surface area contributed by atoms with E-state index in [4.69, 9.17) is 19.7 Å². The van der Waals surface area contributed by atoms with Gasteiger partial charge in [-0.2, -0.15) is 0 Å². The minimum atomic E-state index is 0.217. The van der Waals surface area contributed by atoms with Crippen LogP contribution < -0.4 is 4.74 Å². The van der Waals surface area contributed by atoms with Crippen LogP contribution in [0.25, 0.3) is 86.7 Å². The molecule has 234 valence electrons. The molecule has 11 rings (SSSR count). The average molecular weight is 658 g/mol. The van der Waals surface area contributed by atoms with Crippen LogP contribution in [0, 0.1) is 0 Å². The summed E-state index contributed by atoms with van der Waals surface area (Å²) < 4.78 is 8.69. The molecule has 0 fully saturated rings. The fourth-order valence-corrected chi connectivity index (χ4v) is 8.99. The Morgan fingerprint density at radius 1 is 0.560 bits per heavy atom. The number of rotatable bonds is 3. The fraction of sp³-hybridized carbons (Fsp3) is 0.0444. The zero-order valence-electron chi connectivity index (χ0n) is 26.8. The van der Waals surface area contributed by atoms with E-state index in [1.807, 2.05) is 0 Å². The summed E-state index contributed by atoms with van der Waals surface area (Å²) in [5, 5.41) is 9.78. The first kappa shape index (κ1) is 27.7.